The minimum absolute atomic E-state index is 0.147. The van der Waals surface area contributed by atoms with Crippen LogP contribution < -0.4 is 10.6 Å². The first-order chi connectivity index (χ1) is 6.22. The number of rotatable bonds is 1. The second-order valence-corrected chi connectivity index (χ2v) is 3.69. The van der Waals surface area contributed by atoms with Crippen molar-refractivity contribution in [2.24, 2.45) is 0 Å². The van der Waals surface area contributed by atoms with E-state index in [1.807, 2.05) is 0 Å². The molecule has 2 aliphatic heterocycles. The molecule has 2 aliphatic rings. The smallest absolute Gasteiger partial charge is 0.323 e. The third kappa shape index (κ3) is 1.67. The molecule has 0 aromatic rings. The summed E-state index contributed by atoms with van der Waals surface area (Å²) < 4.78 is 5.59. The van der Waals surface area contributed by atoms with Crippen LogP contribution in [0.5, 0.6) is 0 Å². The highest BCUT2D eigenvalue weighted by Crippen LogP contribution is 2.22. The molecule has 0 aromatic heterocycles. The minimum Gasteiger partial charge on any atom is -0.480 e. The molecule has 0 aliphatic carbocycles. The van der Waals surface area contributed by atoms with Gasteiger partial charge in [-0.3, -0.25) is 10.1 Å². The van der Waals surface area contributed by atoms with Crippen molar-refractivity contribution in [2.45, 2.75) is 18.1 Å². The minimum atomic E-state index is -0.833. The van der Waals surface area contributed by atoms with Crippen LogP contribution >= 0.6 is 0 Å². The van der Waals surface area contributed by atoms with Crippen LogP contribution in [0, 0.1) is 0 Å². The van der Waals surface area contributed by atoms with Crippen molar-refractivity contribution in [2.75, 3.05) is 26.2 Å². The molecule has 2 rings (SSSR count). The molecule has 2 unspecified atom stereocenters. The molecule has 0 saturated carbocycles. The average molecular weight is 186 g/mol. The van der Waals surface area contributed by atoms with E-state index in [0.29, 0.717) is 6.54 Å². The first-order valence-electron chi connectivity index (χ1n) is 4.53. The summed E-state index contributed by atoms with van der Waals surface area (Å²) in [4.78, 5) is 10.6. The Morgan fingerprint density at radius 3 is 2.85 bits per heavy atom. The maximum absolute atomic E-state index is 10.6. The van der Waals surface area contributed by atoms with Crippen molar-refractivity contribution >= 4 is 5.97 Å². The maximum atomic E-state index is 10.6. The first-order valence-corrected chi connectivity index (χ1v) is 4.53. The third-order valence-corrected chi connectivity index (χ3v) is 2.73. The van der Waals surface area contributed by atoms with Gasteiger partial charge in [0.25, 0.3) is 0 Å². The SMILES string of the molecule is O=C(O)C1COC2(CCNC2)CN1. The fourth-order valence-electron chi connectivity index (χ4n) is 1.83. The number of carboxylic acids is 1. The normalized spacial score (nSPS) is 39.5. The Kier molecular flexibility index (Phi) is 2.23. The van der Waals surface area contributed by atoms with Crippen LogP contribution in [0.3, 0.4) is 0 Å². The predicted molar refractivity (Wildman–Crippen MR) is 45.6 cm³/mol. The van der Waals surface area contributed by atoms with E-state index < -0.39 is 12.0 Å². The number of nitrogens with one attached hydrogen (secondary N) is 2. The van der Waals surface area contributed by atoms with E-state index in [0.717, 1.165) is 19.5 Å². The Morgan fingerprint density at radius 1 is 1.54 bits per heavy atom. The Bertz CT molecular complexity index is 203. The lowest BCUT2D eigenvalue weighted by atomic mass is 10.0. The summed E-state index contributed by atoms with van der Waals surface area (Å²) >= 11 is 0. The molecule has 5 heteroatoms. The van der Waals surface area contributed by atoms with Crippen LogP contribution in [0.1, 0.15) is 6.42 Å². The molecule has 2 saturated heterocycles. The molecule has 3 N–H and O–H groups in total. The summed E-state index contributed by atoms with van der Waals surface area (Å²) in [5.41, 5.74) is -0.147. The molecule has 74 valence electrons. The monoisotopic (exact) mass is 186 g/mol. The zero-order chi connectivity index (χ0) is 9.31. The van der Waals surface area contributed by atoms with E-state index >= 15 is 0 Å². The Labute approximate surface area is 76.5 Å². The lowest BCUT2D eigenvalue weighted by Gasteiger charge is -2.36. The third-order valence-electron chi connectivity index (χ3n) is 2.73. The highest BCUT2D eigenvalue weighted by atomic mass is 16.5. The largest absolute Gasteiger partial charge is 0.480 e. The van der Waals surface area contributed by atoms with Crippen LogP contribution in [0.2, 0.25) is 0 Å². The zero-order valence-corrected chi connectivity index (χ0v) is 7.38. The van der Waals surface area contributed by atoms with Gasteiger partial charge in [0.1, 0.15) is 6.04 Å². The van der Waals surface area contributed by atoms with Crippen LogP contribution in [0.15, 0.2) is 0 Å². The molecular weight excluding hydrogens is 172 g/mol. The van der Waals surface area contributed by atoms with E-state index in [4.69, 9.17) is 9.84 Å². The predicted octanol–water partition coefficient (Wildman–Crippen LogP) is -1.21. The van der Waals surface area contributed by atoms with Gasteiger partial charge in [-0.15, -0.1) is 0 Å². The summed E-state index contributed by atoms with van der Waals surface area (Å²) in [6, 6.07) is -0.536. The molecule has 2 fully saturated rings. The quantitative estimate of drug-likeness (QED) is 0.479. The van der Waals surface area contributed by atoms with Crippen molar-refractivity contribution in [3.8, 4) is 0 Å². The second kappa shape index (κ2) is 3.25. The van der Waals surface area contributed by atoms with Crippen LogP contribution in [0.25, 0.3) is 0 Å². The fourth-order valence-corrected chi connectivity index (χ4v) is 1.83. The van der Waals surface area contributed by atoms with Crippen molar-refractivity contribution < 1.29 is 14.6 Å². The van der Waals surface area contributed by atoms with Gasteiger partial charge in [-0.25, -0.2) is 0 Å². The number of ether oxygens (including phenoxy) is 1. The van der Waals surface area contributed by atoms with E-state index in [9.17, 15) is 4.79 Å². The number of carboxylic acid groups (broad SMARTS) is 1. The Hall–Kier alpha value is -0.650. The van der Waals surface area contributed by atoms with E-state index in [2.05, 4.69) is 10.6 Å². The van der Waals surface area contributed by atoms with E-state index in [-0.39, 0.29) is 12.2 Å². The van der Waals surface area contributed by atoms with E-state index in [1.54, 1.807) is 0 Å². The molecular formula is C8H14N2O3. The molecule has 5 nitrogen and oxygen atoms in total. The molecule has 13 heavy (non-hydrogen) atoms. The Morgan fingerprint density at radius 2 is 2.38 bits per heavy atom. The Balaban J connectivity index is 1.91. The number of carbonyl (C=O) groups is 1. The first kappa shape index (κ1) is 8.93. The molecule has 2 heterocycles. The second-order valence-electron chi connectivity index (χ2n) is 3.69. The highest BCUT2D eigenvalue weighted by molar-refractivity contribution is 5.73. The lowest BCUT2D eigenvalue weighted by Crippen LogP contribution is -2.57. The van der Waals surface area contributed by atoms with Gasteiger partial charge in [0.2, 0.25) is 0 Å². The zero-order valence-electron chi connectivity index (χ0n) is 7.38. The number of hydrogen-bond acceptors (Lipinski definition) is 4. The summed E-state index contributed by atoms with van der Waals surface area (Å²) in [5.74, 6) is -0.833. The van der Waals surface area contributed by atoms with Gasteiger partial charge in [0, 0.05) is 13.1 Å². The van der Waals surface area contributed by atoms with Gasteiger partial charge in [-0.1, -0.05) is 0 Å². The lowest BCUT2D eigenvalue weighted by molar-refractivity contribution is -0.148. The summed E-state index contributed by atoms with van der Waals surface area (Å²) in [5, 5.41) is 14.9. The maximum Gasteiger partial charge on any atom is 0.323 e. The van der Waals surface area contributed by atoms with Gasteiger partial charge in [-0.05, 0) is 13.0 Å². The fraction of sp³-hybridized carbons (Fsp3) is 0.875. The van der Waals surface area contributed by atoms with Crippen LogP contribution in [0.4, 0.5) is 0 Å². The van der Waals surface area contributed by atoms with Gasteiger partial charge in [-0.2, -0.15) is 0 Å². The number of morpholine rings is 1. The standard InChI is InChI=1S/C8H14N2O3/c11-7(12)6-3-13-8(5-10-6)1-2-9-4-8/h6,9-10H,1-5H2,(H,11,12). The molecule has 0 bridgehead atoms. The highest BCUT2D eigenvalue weighted by Gasteiger charge is 2.40. The van der Waals surface area contributed by atoms with Crippen LogP contribution in [-0.2, 0) is 9.53 Å². The number of aliphatic carboxylic acids is 1. The van der Waals surface area contributed by atoms with Crippen molar-refractivity contribution in [3.05, 3.63) is 0 Å². The molecule has 0 radical (unpaired) electrons. The van der Waals surface area contributed by atoms with Gasteiger partial charge >= 0.3 is 5.97 Å². The summed E-state index contributed by atoms with van der Waals surface area (Å²) in [7, 11) is 0. The van der Waals surface area contributed by atoms with Gasteiger partial charge in [0.15, 0.2) is 0 Å². The molecule has 2 atom stereocenters. The van der Waals surface area contributed by atoms with Crippen molar-refractivity contribution in [3.63, 3.8) is 0 Å². The average Bonchev–Trinajstić information content (AvgIpc) is 2.54. The molecule has 1 spiro atoms. The van der Waals surface area contributed by atoms with E-state index in [1.165, 1.54) is 0 Å². The van der Waals surface area contributed by atoms with Crippen molar-refractivity contribution in [1.82, 2.24) is 10.6 Å². The summed E-state index contributed by atoms with van der Waals surface area (Å²) in [6.45, 7) is 2.69. The van der Waals surface area contributed by atoms with Crippen LogP contribution in [-0.4, -0.2) is 49.0 Å². The number of hydrogen-bond donors (Lipinski definition) is 3. The summed E-state index contributed by atoms with van der Waals surface area (Å²) in [6.07, 6.45) is 0.965. The van der Waals surface area contributed by atoms with Gasteiger partial charge in [0.05, 0.1) is 12.2 Å². The molecule has 0 amide bonds. The molecule has 0 aromatic carbocycles. The van der Waals surface area contributed by atoms with Crippen molar-refractivity contribution in [1.29, 1.82) is 0 Å². The topological polar surface area (TPSA) is 70.6 Å². The van der Waals surface area contributed by atoms with Gasteiger partial charge < -0.3 is 15.2 Å².